The molecule has 1 fully saturated rings. The Kier molecular flexibility index (Phi) is 4.42. The topological polar surface area (TPSA) is 49.4 Å². The first-order chi connectivity index (χ1) is 11.1. The van der Waals surface area contributed by atoms with Crippen molar-refractivity contribution in [1.29, 1.82) is 0 Å². The van der Waals surface area contributed by atoms with Crippen molar-refractivity contribution < 1.29 is 9.59 Å². The van der Waals surface area contributed by atoms with Gasteiger partial charge in [0.05, 0.1) is 6.54 Å². The van der Waals surface area contributed by atoms with Crippen LogP contribution in [0.5, 0.6) is 0 Å². The third-order valence-corrected chi connectivity index (χ3v) is 4.12. The highest BCUT2D eigenvalue weighted by atomic mass is 16.2. The van der Waals surface area contributed by atoms with Gasteiger partial charge in [-0.05, 0) is 30.2 Å². The van der Waals surface area contributed by atoms with Gasteiger partial charge in [-0.1, -0.05) is 42.5 Å². The minimum absolute atomic E-state index is 0.0400. The molecule has 1 heterocycles. The van der Waals surface area contributed by atoms with Crippen molar-refractivity contribution in [3.8, 4) is 0 Å². The Labute approximate surface area is 136 Å². The van der Waals surface area contributed by atoms with E-state index in [1.807, 2.05) is 61.5 Å². The molecule has 0 aromatic heterocycles. The highest BCUT2D eigenvalue weighted by Crippen LogP contribution is 2.27. The number of amides is 2. The normalized spacial score (nSPS) is 17.3. The van der Waals surface area contributed by atoms with Gasteiger partial charge in [0.25, 0.3) is 0 Å². The summed E-state index contributed by atoms with van der Waals surface area (Å²) in [5.41, 5.74) is 3.01. The summed E-state index contributed by atoms with van der Waals surface area (Å²) in [5.74, 6) is 0.0615. The van der Waals surface area contributed by atoms with Crippen LogP contribution in [0.2, 0.25) is 0 Å². The average Bonchev–Trinajstić information content (AvgIpc) is 2.89. The van der Waals surface area contributed by atoms with Crippen LogP contribution in [0.4, 0.5) is 5.69 Å². The molecule has 3 rings (SSSR count). The van der Waals surface area contributed by atoms with Crippen molar-refractivity contribution >= 4 is 17.5 Å². The van der Waals surface area contributed by atoms with E-state index in [-0.39, 0.29) is 24.3 Å². The molecule has 0 spiro atoms. The molecule has 118 valence electrons. The van der Waals surface area contributed by atoms with E-state index in [1.165, 1.54) is 0 Å². The molecule has 0 unspecified atom stereocenters. The fraction of sp³-hybridized carbons (Fsp3) is 0.263. The van der Waals surface area contributed by atoms with E-state index in [4.69, 9.17) is 0 Å². The molecule has 4 heteroatoms. The highest BCUT2D eigenvalue weighted by molar-refractivity contribution is 5.95. The molecule has 1 aliphatic heterocycles. The molecule has 0 radical (unpaired) electrons. The van der Waals surface area contributed by atoms with Gasteiger partial charge in [0, 0.05) is 24.6 Å². The number of likely N-dealkylation sites (tertiary alicyclic amines) is 1. The fourth-order valence-electron chi connectivity index (χ4n) is 2.97. The number of anilines is 1. The summed E-state index contributed by atoms with van der Waals surface area (Å²) in [5, 5.41) is 2.85. The van der Waals surface area contributed by atoms with Crippen molar-refractivity contribution in [3.63, 3.8) is 0 Å². The molecule has 1 atom stereocenters. The van der Waals surface area contributed by atoms with E-state index in [2.05, 4.69) is 5.32 Å². The SMILES string of the molecule is Cc1cccc(NC(=O)CN2C[C@H](c3ccccc3)CC2=O)c1. The Hall–Kier alpha value is -2.62. The lowest BCUT2D eigenvalue weighted by atomic mass is 9.99. The Balaban J connectivity index is 1.60. The van der Waals surface area contributed by atoms with Crippen LogP contribution in [0, 0.1) is 6.92 Å². The standard InChI is InChI=1S/C19H20N2O2/c1-14-6-5-9-17(10-14)20-18(22)13-21-12-16(11-19(21)23)15-7-3-2-4-8-15/h2-10,16H,11-13H2,1H3,(H,20,22)/t16-/m1/s1. The summed E-state index contributed by atoms with van der Waals surface area (Å²) in [7, 11) is 0. The summed E-state index contributed by atoms with van der Waals surface area (Å²) in [6, 6.07) is 17.6. The van der Waals surface area contributed by atoms with Crippen molar-refractivity contribution in [3.05, 3.63) is 65.7 Å². The second-order valence-electron chi connectivity index (χ2n) is 6.00. The zero-order valence-electron chi connectivity index (χ0n) is 13.2. The lowest BCUT2D eigenvalue weighted by Crippen LogP contribution is -2.34. The summed E-state index contributed by atoms with van der Waals surface area (Å²) in [4.78, 5) is 26.0. The Morgan fingerprint density at radius 1 is 1.17 bits per heavy atom. The van der Waals surface area contributed by atoms with Crippen LogP contribution in [0.3, 0.4) is 0 Å². The molecule has 23 heavy (non-hydrogen) atoms. The predicted molar refractivity (Wildman–Crippen MR) is 90.2 cm³/mol. The number of carbonyl (C=O) groups is 2. The third kappa shape index (κ3) is 3.77. The maximum absolute atomic E-state index is 12.2. The monoisotopic (exact) mass is 308 g/mol. The number of carbonyl (C=O) groups excluding carboxylic acids is 2. The Morgan fingerprint density at radius 2 is 1.96 bits per heavy atom. The van der Waals surface area contributed by atoms with E-state index in [0.29, 0.717) is 13.0 Å². The molecule has 1 aliphatic rings. The number of aryl methyl sites for hydroxylation is 1. The van der Waals surface area contributed by atoms with Gasteiger partial charge < -0.3 is 10.2 Å². The molecular weight excluding hydrogens is 288 g/mol. The minimum atomic E-state index is -0.155. The second-order valence-corrected chi connectivity index (χ2v) is 6.00. The third-order valence-electron chi connectivity index (χ3n) is 4.12. The summed E-state index contributed by atoms with van der Waals surface area (Å²) >= 11 is 0. The van der Waals surface area contributed by atoms with E-state index in [1.54, 1.807) is 4.90 Å². The lowest BCUT2D eigenvalue weighted by Gasteiger charge is -2.16. The number of nitrogens with zero attached hydrogens (tertiary/aromatic N) is 1. The van der Waals surface area contributed by atoms with Crippen molar-refractivity contribution in [2.45, 2.75) is 19.3 Å². The van der Waals surface area contributed by atoms with Crippen LogP contribution in [0.25, 0.3) is 0 Å². The van der Waals surface area contributed by atoms with Gasteiger partial charge in [-0.15, -0.1) is 0 Å². The zero-order valence-corrected chi connectivity index (χ0v) is 13.2. The quantitative estimate of drug-likeness (QED) is 0.944. The van der Waals surface area contributed by atoms with Gasteiger partial charge in [-0.3, -0.25) is 9.59 Å². The summed E-state index contributed by atoms with van der Waals surface area (Å²) in [6.07, 6.45) is 0.474. The van der Waals surface area contributed by atoms with E-state index in [0.717, 1.165) is 16.8 Å². The first kappa shape index (κ1) is 15.3. The minimum Gasteiger partial charge on any atom is -0.333 e. The molecule has 2 aromatic rings. The number of benzene rings is 2. The van der Waals surface area contributed by atoms with Crippen molar-refractivity contribution in [2.24, 2.45) is 0 Å². The van der Waals surface area contributed by atoms with Gasteiger partial charge in [-0.25, -0.2) is 0 Å². The van der Waals surface area contributed by atoms with Gasteiger partial charge in [0.1, 0.15) is 0 Å². The first-order valence-corrected chi connectivity index (χ1v) is 7.81. The lowest BCUT2D eigenvalue weighted by molar-refractivity contribution is -0.131. The average molecular weight is 308 g/mol. The summed E-state index contributed by atoms with van der Waals surface area (Å²) < 4.78 is 0. The van der Waals surface area contributed by atoms with Crippen molar-refractivity contribution in [2.75, 3.05) is 18.4 Å². The zero-order chi connectivity index (χ0) is 16.2. The Morgan fingerprint density at radius 3 is 2.70 bits per heavy atom. The van der Waals surface area contributed by atoms with Gasteiger partial charge in [-0.2, -0.15) is 0 Å². The van der Waals surface area contributed by atoms with Crippen LogP contribution in [0.1, 0.15) is 23.5 Å². The number of rotatable bonds is 4. The van der Waals surface area contributed by atoms with Crippen LogP contribution in [0.15, 0.2) is 54.6 Å². The van der Waals surface area contributed by atoms with Crippen LogP contribution in [-0.2, 0) is 9.59 Å². The van der Waals surface area contributed by atoms with Crippen molar-refractivity contribution in [1.82, 2.24) is 4.90 Å². The van der Waals surface area contributed by atoms with Crippen LogP contribution in [-0.4, -0.2) is 29.8 Å². The highest BCUT2D eigenvalue weighted by Gasteiger charge is 2.31. The number of nitrogens with one attached hydrogen (secondary N) is 1. The molecule has 0 aliphatic carbocycles. The Bertz CT molecular complexity index is 712. The van der Waals surface area contributed by atoms with E-state index in [9.17, 15) is 9.59 Å². The molecule has 4 nitrogen and oxygen atoms in total. The number of hydrogen-bond acceptors (Lipinski definition) is 2. The van der Waals surface area contributed by atoms with E-state index < -0.39 is 0 Å². The van der Waals surface area contributed by atoms with E-state index >= 15 is 0 Å². The molecule has 0 saturated carbocycles. The molecule has 1 N–H and O–H groups in total. The maximum atomic E-state index is 12.2. The fourth-order valence-corrected chi connectivity index (χ4v) is 2.97. The molecular formula is C19H20N2O2. The van der Waals surface area contributed by atoms with Gasteiger partial charge in [0.2, 0.25) is 11.8 Å². The molecule has 2 amide bonds. The summed E-state index contributed by atoms with van der Waals surface area (Å²) in [6.45, 7) is 2.68. The van der Waals surface area contributed by atoms with Crippen LogP contribution < -0.4 is 5.32 Å². The smallest absolute Gasteiger partial charge is 0.243 e. The van der Waals surface area contributed by atoms with Gasteiger partial charge in [0.15, 0.2) is 0 Å². The molecule has 0 bridgehead atoms. The largest absolute Gasteiger partial charge is 0.333 e. The van der Waals surface area contributed by atoms with Gasteiger partial charge >= 0.3 is 0 Å². The van der Waals surface area contributed by atoms with Crippen LogP contribution >= 0.6 is 0 Å². The first-order valence-electron chi connectivity index (χ1n) is 7.81. The number of hydrogen-bond donors (Lipinski definition) is 1. The predicted octanol–water partition coefficient (Wildman–Crippen LogP) is 2.95. The maximum Gasteiger partial charge on any atom is 0.243 e. The molecule has 2 aromatic carbocycles. The second kappa shape index (κ2) is 6.65. The molecule has 1 saturated heterocycles.